The van der Waals surface area contributed by atoms with E-state index in [0.717, 1.165) is 10.7 Å². The third-order valence-electron chi connectivity index (χ3n) is 2.90. The Balaban J connectivity index is 2.22. The first-order chi connectivity index (χ1) is 9.83. The summed E-state index contributed by atoms with van der Waals surface area (Å²) < 4.78 is 33.0. The Morgan fingerprint density at radius 3 is 2.71 bits per heavy atom. The summed E-state index contributed by atoms with van der Waals surface area (Å²) in [5.41, 5.74) is 0.886. The summed E-state index contributed by atoms with van der Waals surface area (Å²) in [7, 11) is -1.86. The van der Waals surface area contributed by atoms with Crippen molar-refractivity contribution in [3.63, 3.8) is 0 Å². The fraction of sp³-hybridized carbons (Fsp3) is 0.462. The van der Waals surface area contributed by atoms with Gasteiger partial charge < -0.3 is 9.73 Å². The largest absolute Gasteiger partial charge is 0.464 e. The molecule has 2 rings (SSSR count). The van der Waals surface area contributed by atoms with Crippen molar-refractivity contribution in [3.8, 4) is 0 Å². The van der Waals surface area contributed by atoms with Gasteiger partial charge in [0.15, 0.2) is 0 Å². The minimum atomic E-state index is -3.63. The van der Waals surface area contributed by atoms with E-state index in [4.69, 9.17) is 4.42 Å². The maximum Gasteiger partial charge on any atom is 0.244 e. The molecule has 2 aromatic rings. The lowest BCUT2D eigenvalue weighted by Gasteiger charge is -2.11. The first-order valence-electron chi connectivity index (χ1n) is 6.51. The molecule has 1 unspecified atom stereocenters. The van der Waals surface area contributed by atoms with Crippen LogP contribution in [0.1, 0.15) is 35.2 Å². The third-order valence-corrected chi connectivity index (χ3v) is 5.70. The highest BCUT2D eigenvalue weighted by atomic mass is 32.2. The van der Waals surface area contributed by atoms with E-state index in [2.05, 4.69) is 15.0 Å². The van der Waals surface area contributed by atoms with Crippen LogP contribution in [0.4, 0.5) is 0 Å². The summed E-state index contributed by atoms with van der Waals surface area (Å²) in [6, 6.07) is 1.17. The molecule has 0 radical (unpaired) electrons. The molecule has 2 heterocycles. The molecule has 0 aliphatic heterocycles. The van der Waals surface area contributed by atoms with E-state index >= 15 is 0 Å². The van der Waals surface area contributed by atoms with Gasteiger partial charge >= 0.3 is 0 Å². The van der Waals surface area contributed by atoms with Gasteiger partial charge in [-0.05, 0) is 27.8 Å². The predicted molar refractivity (Wildman–Crippen MR) is 81.8 cm³/mol. The van der Waals surface area contributed by atoms with Crippen molar-refractivity contribution in [1.82, 2.24) is 15.0 Å². The number of nitrogens with zero attached hydrogens (tertiary/aromatic N) is 1. The van der Waals surface area contributed by atoms with Gasteiger partial charge in [0.1, 0.15) is 21.4 Å². The Hall–Kier alpha value is -1.22. The molecular weight excluding hydrogens is 310 g/mol. The lowest BCUT2D eigenvalue weighted by Crippen LogP contribution is -2.27. The summed E-state index contributed by atoms with van der Waals surface area (Å²) >= 11 is 1.44. The maximum absolute atomic E-state index is 12.4. The molecule has 0 aromatic carbocycles. The molecule has 2 aromatic heterocycles. The van der Waals surface area contributed by atoms with Crippen LogP contribution in [0.3, 0.4) is 0 Å². The average molecular weight is 329 g/mol. The summed E-state index contributed by atoms with van der Waals surface area (Å²) in [4.78, 5) is 4.48. The average Bonchev–Trinajstić information content (AvgIpc) is 2.96. The van der Waals surface area contributed by atoms with E-state index in [1.807, 2.05) is 12.3 Å². The van der Waals surface area contributed by atoms with E-state index in [-0.39, 0.29) is 10.9 Å². The molecule has 8 heteroatoms. The van der Waals surface area contributed by atoms with Gasteiger partial charge in [0.05, 0.1) is 12.6 Å². The van der Waals surface area contributed by atoms with Crippen molar-refractivity contribution >= 4 is 21.4 Å². The maximum atomic E-state index is 12.4. The normalized spacial score (nSPS) is 13.5. The molecule has 116 valence electrons. The van der Waals surface area contributed by atoms with Gasteiger partial charge in [-0.2, -0.15) is 0 Å². The van der Waals surface area contributed by atoms with Crippen molar-refractivity contribution in [2.24, 2.45) is 0 Å². The van der Waals surface area contributed by atoms with Crippen LogP contribution < -0.4 is 10.0 Å². The number of aryl methyl sites for hydroxylation is 2. The Labute approximate surface area is 128 Å². The molecule has 2 N–H and O–H groups in total. The zero-order chi connectivity index (χ0) is 15.6. The van der Waals surface area contributed by atoms with Gasteiger partial charge in [-0.1, -0.05) is 0 Å². The van der Waals surface area contributed by atoms with E-state index in [9.17, 15) is 8.42 Å². The number of rotatable bonds is 6. The molecule has 6 nitrogen and oxygen atoms in total. The SMILES string of the molecule is CNCc1cc(S(=O)(=O)NC(C)c2nc(C)cs2)c(C)o1. The van der Waals surface area contributed by atoms with E-state index in [1.165, 1.54) is 11.3 Å². The van der Waals surface area contributed by atoms with Gasteiger partial charge in [0.2, 0.25) is 10.0 Å². The number of hydrogen-bond donors (Lipinski definition) is 2. The van der Waals surface area contributed by atoms with E-state index in [1.54, 1.807) is 27.0 Å². The van der Waals surface area contributed by atoms with Gasteiger partial charge in [0.25, 0.3) is 0 Å². The fourth-order valence-corrected chi connectivity index (χ4v) is 4.26. The molecule has 0 aliphatic carbocycles. The second-order valence-corrected chi connectivity index (χ2v) is 7.41. The van der Waals surface area contributed by atoms with Crippen LogP contribution in [0.2, 0.25) is 0 Å². The number of aromatic nitrogens is 1. The molecule has 0 saturated heterocycles. The Bertz CT molecular complexity index is 719. The van der Waals surface area contributed by atoms with Crippen LogP contribution in [-0.4, -0.2) is 20.4 Å². The summed E-state index contributed by atoms with van der Waals surface area (Å²) in [6.45, 7) is 5.79. The minimum absolute atomic E-state index is 0.174. The summed E-state index contributed by atoms with van der Waals surface area (Å²) in [5.74, 6) is 0.975. The van der Waals surface area contributed by atoms with Crippen molar-refractivity contribution in [2.75, 3.05) is 7.05 Å². The number of sulfonamides is 1. The van der Waals surface area contributed by atoms with Gasteiger partial charge in [-0.25, -0.2) is 18.1 Å². The standard InChI is InChI=1S/C13H19N3O3S2/c1-8-7-20-13(15-8)9(2)16-21(17,18)12-5-11(6-14-4)19-10(12)3/h5,7,9,14,16H,6H2,1-4H3. The first-order valence-corrected chi connectivity index (χ1v) is 8.88. The van der Waals surface area contributed by atoms with E-state index in [0.29, 0.717) is 18.1 Å². The number of nitrogens with one attached hydrogen (secondary N) is 2. The second-order valence-electron chi connectivity index (χ2n) is 4.83. The Kier molecular flexibility index (Phi) is 4.82. The van der Waals surface area contributed by atoms with Crippen LogP contribution in [0.15, 0.2) is 20.8 Å². The molecule has 0 fully saturated rings. The van der Waals surface area contributed by atoms with Crippen molar-refractivity contribution < 1.29 is 12.8 Å². The van der Waals surface area contributed by atoms with Gasteiger partial charge in [-0.15, -0.1) is 11.3 Å². The van der Waals surface area contributed by atoms with Crippen LogP contribution >= 0.6 is 11.3 Å². The fourth-order valence-electron chi connectivity index (χ4n) is 1.97. The Morgan fingerprint density at radius 2 is 2.14 bits per heavy atom. The molecule has 0 amide bonds. The smallest absolute Gasteiger partial charge is 0.244 e. The number of furan rings is 1. The molecule has 0 bridgehead atoms. The molecule has 0 spiro atoms. The van der Waals surface area contributed by atoms with Crippen LogP contribution in [0, 0.1) is 13.8 Å². The van der Waals surface area contributed by atoms with Crippen molar-refractivity contribution in [3.05, 3.63) is 33.7 Å². The van der Waals surface area contributed by atoms with Gasteiger partial charge in [-0.3, -0.25) is 0 Å². The lowest BCUT2D eigenvalue weighted by atomic mass is 10.4. The lowest BCUT2D eigenvalue weighted by molar-refractivity contribution is 0.465. The molecule has 1 atom stereocenters. The van der Waals surface area contributed by atoms with Crippen molar-refractivity contribution in [1.29, 1.82) is 0 Å². The molecule has 0 aliphatic rings. The van der Waals surface area contributed by atoms with Crippen LogP contribution in [-0.2, 0) is 16.6 Å². The quantitative estimate of drug-likeness (QED) is 0.848. The van der Waals surface area contributed by atoms with E-state index < -0.39 is 10.0 Å². The highest BCUT2D eigenvalue weighted by molar-refractivity contribution is 7.89. The topological polar surface area (TPSA) is 84.2 Å². The first kappa shape index (κ1) is 16.2. The number of hydrogen-bond acceptors (Lipinski definition) is 6. The van der Waals surface area contributed by atoms with Crippen LogP contribution in [0.5, 0.6) is 0 Å². The highest BCUT2D eigenvalue weighted by Crippen LogP contribution is 2.24. The third kappa shape index (κ3) is 3.70. The number of thiazole rings is 1. The monoisotopic (exact) mass is 329 g/mol. The molecule has 21 heavy (non-hydrogen) atoms. The zero-order valence-corrected chi connectivity index (χ0v) is 14.1. The minimum Gasteiger partial charge on any atom is -0.464 e. The predicted octanol–water partition coefficient (Wildman–Crippen LogP) is 2.11. The molecular formula is C13H19N3O3S2. The second kappa shape index (κ2) is 6.27. The highest BCUT2D eigenvalue weighted by Gasteiger charge is 2.24. The van der Waals surface area contributed by atoms with Crippen molar-refractivity contribution in [2.45, 2.75) is 38.3 Å². The molecule has 0 saturated carbocycles. The summed E-state index contributed by atoms with van der Waals surface area (Å²) in [5, 5.41) is 5.57. The zero-order valence-electron chi connectivity index (χ0n) is 12.4. The summed E-state index contributed by atoms with van der Waals surface area (Å²) in [6.07, 6.45) is 0. The van der Waals surface area contributed by atoms with Crippen LogP contribution in [0.25, 0.3) is 0 Å². The van der Waals surface area contributed by atoms with Gasteiger partial charge in [0, 0.05) is 17.1 Å². The Morgan fingerprint density at radius 1 is 1.43 bits per heavy atom.